The number of benzene rings is 1. The first-order valence-corrected chi connectivity index (χ1v) is 7.70. The first-order valence-electron chi connectivity index (χ1n) is 7.70. The first-order chi connectivity index (χ1) is 10.6. The van der Waals surface area contributed by atoms with Crippen molar-refractivity contribution in [3.63, 3.8) is 0 Å². The van der Waals surface area contributed by atoms with E-state index in [1.165, 1.54) is 0 Å². The summed E-state index contributed by atoms with van der Waals surface area (Å²) in [5.41, 5.74) is 1.61. The van der Waals surface area contributed by atoms with Crippen LogP contribution in [-0.4, -0.2) is 37.1 Å². The van der Waals surface area contributed by atoms with Crippen molar-refractivity contribution in [1.29, 1.82) is 5.26 Å². The van der Waals surface area contributed by atoms with E-state index < -0.39 is 0 Å². The van der Waals surface area contributed by atoms with Crippen molar-refractivity contribution in [2.24, 2.45) is 0 Å². The molecule has 1 aliphatic carbocycles. The lowest BCUT2D eigenvalue weighted by Gasteiger charge is -2.41. The number of likely N-dealkylation sites (N-methyl/N-ethyl adjacent to an activating group) is 1. The molecule has 1 saturated carbocycles. The van der Waals surface area contributed by atoms with E-state index in [0.29, 0.717) is 35.7 Å². The molecule has 0 unspecified atom stereocenters. The van der Waals surface area contributed by atoms with Crippen LogP contribution in [0.3, 0.4) is 0 Å². The lowest BCUT2D eigenvalue weighted by Crippen LogP contribution is -2.46. The summed E-state index contributed by atoms with van der Waals surface area (Å²) in [7, 11) is 2.09. The number of hydrogen-bond donors (Lipinski definition) is 0. The van der Waals surface area contributed by atoms with E-state index in [-0.39, 0.29) is 18.2 Å². The molecule has 1 aromatic carbocycles. The van der Waals surface area contributed by atoms with Gasteiger partial charge in [-0.05, 0) is 44.1 Å². The molecule has 2 heterocycles. The number of carbonyl (C=O) groups is 1. The number of rotatable bonds is 1. The Balaban J connectivity index is 1.84. The zero-order valence-corrected chi connectivity index (χ0v) is 12.6. The van der Waals surface area contributed by atoms with Crippen LogP contribution in [-0.2, 0) is 10.2 Å². The Kier molecular flexibility index (Phi) is 2.92. The monoisotopic (exact) mass is 298 g/mol. The van der Waals surface area contributed by atoms with Gasteiger partial charge in [-0.3, -0.25) is 4.79 Å². The molecule has 0 aromatic heterocycles. The number of nitrogens with zero attached hydrogens (tertiary/aromatic N) is 2. The average Bonchev–Trinajstić information content (AvgIpc) is 3.12. The predicted molar refractivity (Wildman–Crippen MR) is 78.9 cm³/mol. The number of fused-ring (bicyclic) bond motifs is 2. The van der Waals surface area contributed by atoms with E-state index >= 15 is 0 Å². The standard InChI is InChI=1S/C17H18N2O3/c1-19-5-4-17(3-2-13(20)8-15(17)19)12-6-11(9-18)16-14(7-12)21-10-22-16/h6-7,15H,2-5,8,10H2,1H3/t15-,17-/m0/s1. The molecule has 114 valence electrons. The summed E-state index contributed by atoms with van der Waals surface area (Å²) in [4.78, 5) is 14.2. The summed E-state index contributed by atoms with van der Waals surface area (Å²) >= 11 is 0. The number of carbonyl (C=O) groups excluding carboxylic acids is 1. The summed E-state index contributed by atoms with van der Waals surface area (Å²) in [5, 5.41) is 9.41. The van der Waals surface area contributed by atoms with Crippen LogP contribution in [0.1, 0.15) is 36.8 Å². The van der Waals surface area contributed by atoms with Gasteiger partial charge in [0.25, 0.3) is 0 Å². The van der Waals surface area contributed by atoms with Crippen molar-refractivity contribution < 1.29 is 14.3 Å². The van der Waals surface area contributed by atoms with E-state index in [1.807, 2.05) is 12.1 Å². The van der Waals surface area contributed by atoms with E-state index in [0.717, 1.165) is 24.9 Å². The van der Waals surface area contributed by atoms with E-state index in [2.05, 4.69) is 18.0 Å². The van der Waals surface area contributed by atoms with Crippen LogP contribution in [0, 0.1) is 11.3 Å². The van der Waals surface area contributed by atoms with Crippen molar-refractivity contribution in [3.05, 3.63) is 23.3 Å². The van der Waals surface area contributed by atoms with Crippen LogP contribution in [0.25, 0.3) is 0 Å². The van der Waals surface area contributed by atoms with Gasteiger partial charge in [0.05, 0.1) is 5.56 Å². The van der Waals surface area contributed by atoms with Crippen molar-refractivity contribution in [2.75, 3.05) is 20.4 Å². The number of hydrogen-bond acceptors (Lipinski definition) is 5. The Morgan fingerprint density at radius 1 is 1.36 bits per heavy atom. The number of nitriles is 1. The normalized spacial score (nSPS) is 30.2. The molecule has 0 radical (unpaired) electrons. The maximum atomic E-state index is 11.9. The topological polar surface area (TPSA) is 62.6 Å². The highest BCUT2D eigenvalue weighted by atomic mass is 16.7. The highest BCUT2D eigenvalue weighted by Crippen LogP contribution is 2.50. The van der Waals surface area contributed by atoms with Crippen LogP contribution in [0.2, 0.25) is 0 Å². The van der Waals surface area contributed by atoms with Gasteiger partial charge >= 0.3 is 0 Å². The van der Waals surface area contributed by atoms with E-state index in [1.54, 1.807) is 0 Å². The fourth-order valence-corrected chi connectivity index (χ4v) is 4.30. The fraction of sp³-hybridized carbons (Fsp3) is 0.529. The Morgan fingerprint density at radius 3 is 3.05 bits per heavy atom. The SMILES string of the molecule is CN1CC[C@]2(c3cc(C#N)c4c(c3)OCO4)CCC(=O)C[C@H]12. The van der Waals surface area contributed by atoms with Gasteiger partial charge in [0.2, 0.25) is 6.79 Å². The Hall–Kier alpha value is -2.06. The maximum absolute atomic E-state index is 11.9. The van der Waals surface area contributed by atoms with Gasteiger partial charge < -0.3 is 14.4 Å². The summed E-state index contributed by atoms with van der Waals surface area (Å²) in [6.45, 7) is 1.15. The largest absolute Gasteiger partial charge is 0.454 e. The third-order valence-electron chi connectivity index (χ3n) is 5.52. The minimum atomic E-state index is -0.0464. The van der Waals surface area contributed by atoms with Crippen LogP contribution in [0.5, 0.6) is 11.5 Å². The third-order valence-corrected chi connectivity index (χ3v) is 5.52. The molecule has 1 aromatic rings. The Labute approximate surface area is 129 Å². The summed E-state index contributed by atoms with van der Waals surface area (Å²) in [5.74, 6) is 1.56. The molecular weight excluding hydrogens is 280 g/mol. The molecule has 0 amide bonds. The molecule has 4 rings (SSSR count). The van der Waals surface area contributed by atoms with Gasteiger partial charge in [0.15, 0.2) is 11.5 Å². The quantitative estimate of drug-likeness (QED) is 0.793. The number of ketones is 1. The van der Waals surface area contributed by atoms with Gasteiger partial charge in [0.1, 0.15) is 11.9 Å². The van der Waals surface area contributed by atoms with Gasteiger partial charge in [-0.1, -0.05) is 0 Å². The van der Waals surface area contributed by atoms with E-state index in [4.69, 9.17) is 9.47 Å². The maximum Gasteiger partial charge on any atom is 0.231 e. The zero-order chi connectivity index (χ0) is 15.3. The lowest BCUT2D eigenvalue weighted by atomic mass is 9.65. The second-order valence-corrected chi connectivity index (χ2v) is 6.51. The molecule has 5 nitrogen and oxygen atoms in total. The lowest BCUT2D eigenvalue weighted by molar-refractivity contribution is -0.122. The number of likely N-dealkylation sites (tertiary alicyclic amines) is 1. The van der Waals surface area contributed by atoms with Crippen molar-refractivity contribution in [2.45, 2.75) is 37.1 Å². The van der Waals surface area contributed by atoms with Crippen molar-refractivity contribution in [3.8, 4) is 17.6 Å². The highest BCUT2D eigenvalue weighted by molar-refractivity contribution is 5.81. The van der Waals surface area contributed by atoms with Gasteiger partial charge in [0, 0.05) is 24.3 Å². The van der Waals surface area contributed by atoms with Crippen LogP contribution < -0.4 is 9.47 Å². The molecule has 1 saturated heterocycles. The van der Waals surface area contributed by atoms with Gasteiger partial charge in [-0.25, -0.2) is 0 Å². The molecule has 5 heteroatoms. The molecule has 22 heavy (non-hydrogen) atoms. The molecule has 2 aliphatic heterocycles. The molecule has 0 N–H and O–H groups in total. The second kappa shape index (κ2) is 4.72. The van der Waals surface area contributed by atoms with Crippen LogP contribution in [0.4, 0.5) is 0 Å². The summed E-state index contributed by atoms with van der Waals surface area (Å²) in [6, 6.07) is 6.40. The predicted octanol–water partition coefficient (Wildman–Crippen LogP) is 1.98. The first kappa shape index (κ1) is 13.6. The zero-order valence-electron chi connectivity index (χ0n) is 12.6. The third kappa shape index (κ3) is 1.77. The minimum absolute atomic E-state index is 0.0464. The molecule has 0 bridgehead atoms. The van der Waals surface area contributed by atoms with Gasteiger partial charge in [-0.2, -0.15) is 5.26 Å². The molecule has 3 aliphatic rings. The smallest absolute Gasteiger partial charge is 0.231 e. The molecule has 2 atom stereocenters. The minimum Gasteiger partial charge on any atom is -0.454 e. The van der Waals surface area contributed by atoms with Gasteiger partial charge in [-0.15, -0.1) is 0 Å². The summed E-state index contributed by atoms with van der Waals surface area (Å²) < 4.78 is 10.9. The number of Topliss-reactive ketones (excluding diaryl/α,β-unsaturated/α-hetero) is 1. The second-order valence-electron chi connectivity index (χ2n) is 6.51. The highest BCUT2D eigenvalue weighted by Gasteiger charge is 2.50. The van der Waals surface area contributed by atoms with Crippen molar-refractivity contribution >= 4 is 5.78 Å². The van der Waals surface area contributed by atoms with Crippen LogP contribution in [0.15, 0.2) is 12.1 Å². The average molecular weight is 298 g/mol. The fourth-order valence-electron chi connectivity index (χ4n) is 4.30. The summed E-state index contributed by atoms with van der Waals surface area (Å²) in [6.07, 6.45) is 3.10. The Morgan fingerprint density at radius 2 is 2.23 bits per heavy atom. The molecule has 2 fully saturated rings. The van der Waals surface area contributed by atoms with Crippen molar-refractivity contribution in [1.82, 2.24) is 4.90 Å². The Bertz CT molecular complexity index is 694. The number of ether oxygens (including phenoxy) is 2. The van der Waals surface area contributed by atoms with Crippen LogP contribution >= 0.6 is 0 Å². The van der Waals surface area contributed by atoms with E-state index in [9.17, 15) is 10.1 Å². The molecular formula is C17H18N2O3. The molecule has 0 spiro atoms.